The highest BCUT2D eigenvalue weighted by atomic mass is 16.7. The van der Waals surface area contributed by atoms with Crippen LogP contribution in [0.3, 0.4) is 0 Å². The lowest BCUT2D eigenvalue weighted by Crippen LogP contribution is -2.49. The van der Waals surface area contributed by atoms with Crippen LogP contribution < -0.4 is 0 Å². The third-order valence-electron chi connectivity index (χ3n) is 5.79. The van der Waals surface area contributed by atoms with Gasteiger partial charge in [-0.15, -0.1) is 0 Å². The van der Waals surface area contributed by atoms with E-state index in [-0.39, 0.29) is 23.8 Å². The van der Waals surface area contributed by atoms with Gasteiger partial charge in [-0.05, 0) is 12.8 Å². The van der Waals surface area contributed by atoms with Crippen molar-refractivity contribution in [2.75, 3.05) is 46.1 Å². The molecule has 0 unspecified atom stereocenters. The Hall–Kier alpha value is -1.18. The van der Waals surface area contributed by atoms with E-state index in [0.29, 0.717) is 52.5 Å². The quantitative estimate of drug-likeness (QED) is 0.728. The second-order valence-electron chi connectivity index (χ2n) is 7.22. The number of amides is 2. The predicted octanol–water partition coefficient (Wildman–Crippen LogP) is 0.379. The molecule has 0 aromatic carbocycles. The van der Waals surface area contributed by atoms with Crippen LogP contribution in [0.4, 0.5) is 0 Å². The highest BCUT2D eigenvalue weighted by Gasteiger charge is 2.44. The number of rotatable bonds is 2. The Labute approximate surface area is 142 Å². The molecule has 0 saturated carbocycles. The lowest BCUT2D eigenvalue weighted by Gasteiger charge is -2.38. The van der Waals surface area contributed by atoms with Gasteiger partial charge in [0.1, 0.15) is 0 Å². The van der Waals surface area contributed by atoms with Crippen molar-refractivity contribution in [2.45, 2.75) is 43.9 Å². The van der Waals surface area contributed by atoms with Crippen LogP contribution in [0.2, 0.25) is 0 Å². The summed E-state index contributed by atoms with van der Waals surface area (Å²) in [4.78, 5) is 29.0. The van der Waals surface area contributed by atoms with Crippen molar-refractivity contribution in [3.05, 3.63) is 0 Å². The Morgan fingerprint density at radius 1 is 1.04 bits per heavy atom. The molecule has 1 spiro atoms. The van der Waals surface area contributed by atoms with E-state index in [1.807, 2.05) is 9.80 Å². The van der Waals surface area contributed by atoms with Crippen LogP contribution >= 0.6 is 0 Å². The molecule has 4 rings (SSSR count). The van der Waals surface area contributed by atoms with E-state index in [4.69, 9.17) is 14.2 Å². The molecule has 0 bridgehead atoms. The van der Waals surface area contributed by atoms with E-state index < -0.39 is 5.79 Å². The molecule has 4 saturated heterocycles. The first-order valence-corrected chi connectivity index (χ1v) is 9.11. The number of carbonyl (C=O) groups is 2. The molecule has 2 amide bonds. The molecule has 0 aromatic heterocycles. The molecule has 7 nitrogen and oxygen atoms in total. The van der Waals surface area contributed by atoms with Crippen LogP contribution in [-0.2, 0) is 23.8 Å². The monoisotopic (exact) mass is 338 g/mol. The zero-order valence-corrected chi connectivity index (χ0v) is 14.1. The molecule has 4 heterocycles. The van der Waals surface area contributed by atoms with E-state index in [1.165, 1.54) is 0 Å². The van der Waals surface area contributed by atoms with E-state index in [0.717, 1.165) is 25.7 Å². The van der Waals surface area contributed by atoms with Gasteiger partial charge in [-0.3, -0.25) is 9.59 Å². The molecule has 0 N–H and O–H groups in total. The van der Waals surface area contributed by atoms with Crippen molar-refractivity contribution in [3.63, 3.8) is 0 Å². The van der Waals surface area contributed by atoms with Gasteiger partial charge < -0.3 is 24.0 Å². The largest absolute Gasteiger partial charge is 0.381 e. The smallest absolute Gasteiger partial charge is 0.228 e. The summed E-state index contributed by atoms with van der Waals surface area (Å²) < 4.78 is 16.8. The molecular weight excluding hydrogens is 312 g/mol. The van der Waals surface area contributed by atoms with Crippen molar-refractivity contribution < 1.29 is 23.8 Å². The minimum atomic E-state index is -0.462. The number of piperidine rings is 1. The maximum Gasteiger partial charge on any atom is 0.228 e. The van der Waals surface area contributed by atoms with Gasteiger partial charge in [-0.25, -0.2) is 0 Å². The van der Waals surface area contributed by atoms with Crippen molar-refractivity contribution in [1.82, 2.24) is 9.80 Å². The van der Waals surface area contributed by atoms with Gasteiger partial charge in [0.2, 0.25) is 11.8 Å². The fraction of sp³-hybridized carbons (Fsp3) is 0.882. The maximum atomic E-state index is 12.8. The topological polar surface area (TPSA) is 68.3 Å². The van der Waals surface area contributed by atoms with Crippen molar-refractivity contribution in [1.29, 1.82) is 0 Å². The first-order valence-electron chi connectivity index (χ1n) is 9.11. The van der Waals surface area contributed by atoms with E-state index >= 15 is 0 Å². The van der Waals surface area contributed by atoms with Gasteiger partial charge >= 0.3 is 0 Å². The molecule has 24 heavy (non-hydrogen) atoms. The Kier molecular flexibility index (Phi) is 4.49. The number of hydrogen-bond acceptors (Lipinski definition) is 5. The van der Waals surface area contributed by atoms with E-state index in [2.05, 4.69) is 0 Å². The van der Waals surface area contributed by atoms with Gasteiger partial charge in [0.05, 0.1) is 19.1 Å². The maximum absolute atomic E-state index is 12.8. The summed E-state index contributed by atoms with van der Waals surface area (Å²) in [5.74, 6) is -0.419. The van der Waals surface area contributed by atoms with Crippen LogP contribution in [-0.4, -0.2) is 79.5 Å². The SMILES string of the molecule is O=C([C@H]1CC(=O)N(C2CCOCC2)C1)N1CCC2(CC1)OCCO2. The van der Waals surface area contributed by atoms with Crippen molar-refractivity contribution in [2.24, 2.45) is 5.92 Å². The second-order valence-corrected chi connectivity index (χ2v) is 7.22. The zero-order valence-electron chi connectivity index (χ0n) is 14.1. The van der Waals surface area contributed by atoms with Gasteiger partial charge in [0, 0.05) is 58.2 Å². The third kappa shape index (κ3) is 3.05. The molecule has 4 fully saturated rings. The molecule has 4 aliphatic rings. The second kappa shape index (κ2) is 6.61. The Morgan fingerprint density at radius 2 is 1.71 bits per heavy atom. The summed E-state index contributed by atoms with van der Waals surface area (Å²) in [7, 11) is 0. The van der Waals surface area contributed by atoms with Crippen LogP contribution in [0.25, 0.3) is 0 Å². The summed E-state index contributed by atoms with van der Waals surface area (Å²) in [6.07, 6.45) is 3.57. The number of likely N-dealkylation sites (tertiary alicyclic amines) is 2. The Balaban J connectivity index is 1.33. The average molecular weight is 338 g/mol. The lowest BCUT2D eigenvalue weighted by atomic mass is 10.0. The van der Waals surface area contributed by atoms with Gasteiger partial charge in [-0.1, -0.05) is 0 Å². The molecule has 0 aliphatic carbocycles. The van der Waals surface area contributed by atoms with Crippen molar-refractivity contribution >= 4 is 11.8 Å². The fourth-order valence-corrected chi connectivity index (χ4v) is 4.36. The molecule has 1 atom stereocenters. The van der Waals surface area contributed by atoms with E-state index in [9.17, 15) is 9.59 Å². The Morgan fingerprint density at radius 3 is 2.38 bits per heavy atom. The number of hydrogen-bond donors (Lipinski definition) is 0. The number of carbonyl (C=O) groups excluding carboxylic acids is 2. The highest BCUT2D eigenvalue weighted by molar-refractivity contribution is 5.89. The normalized spacial score (nSPS) is 31.2. The van der Waals surface area contributed by atoms with Crippen LogP contribution in [0.15, 0.2) is 0 Å². The predicted molar refractivity (Wildman–Crippen MR) is 84.1 cm³/mol. The highest BCUT2D eigenvalue weighted by Crippen LogP contribution is 2.33. The first-order chi connectivity index (χ1) is 11.7. The van der Waals surface area contributed by atoms with Crippen LogP contribution in [0.5, 0.6) is 0 Å². The summed E-state index contributed by atoms with van der Waals surface area (Å²) >= 11 is 0. The zero-order chi connectivity index (χ0) is 16.6. The summed E-state index contributed by atoms with van der Waals surface area (Å²) in [6, 6.07) is 0.244. The molecular formula is C17H26N2O5. The molecule has 134 valence electrons. The third-order valence-corrected chi connectivity index (χ3v) is 5.79. The Bertz CT molecular complexity index is 489. The first kappa shape index (κ1) is 16.3. The number of ether oxygens (including phenoxy) is 3. The standard InChI is InChI=1S/C17H26N2O5/c20-15-11-13(12-19(15)14-1-7-22-8-2-14)16(21)18-5-3-17(4-6-18)23-9-10-24-17/h13-14H,1-12H2/t13-/m0/s1. The summed E-state index contributed by atoms with van der Waals surface area (Å²) in [5.41, 5.74) is 0. The minimum absolute atomic E-state index is 0.116. The van der Waals surface area contributed by atoms with Crippen LogP contribution in [0.1, 0.15) is 32.1 Å². The van der Waals surface area contributed by atoms with Crippen LogP contribution in [0, 0.1) is 5.92 Å². The van der Waals surface area contributed by atoms with Gasteiger partial charge in [0.15, 0.2) is 5.79 Å². The number of nitrogens with zero attached hydrogens (tertiary/aromatic N) is 2. The molecule has 0 radical (unpaired) electrons. The molecule has 4 aliphatic heterocycles. The fourth-order valence-electron chi connectivity index (χ4n) is 4.36. The van der Waals surface area contributed by atoms with E-state index in [1.54, 1.807) is 0 Å². The summed E-state index contributed by atoms with van der Waals surface area (Å²) in [5, 5.41) is 0. The average Bonchev–Trinajstić information content (AvgIpc) is 3.23. The molecule has 7 heteroatoms. The van der Waals surface area contributed by atoms with Gasteiger partial charge in [0.25, 0.3) is 0 Å². The summed E-state index contributed by atoms with van der Waals surface area (Å²) in [6.45, 7) is 4.58. The van der Waals surface area contributed by atoms with Crippen molar-refractivity contribution in [3.8, 4) is 0 Å². The van der Waals surface area contributed by atoms with Gasteiger partial charge in [-0.2, -0.15) is 0 Å². The lowest BCUT2D eigenvalue weighted by molar-refractivity contribution is -0.188. The molecule has 0 aromatic rings. The minimum Gasteiger partial charge on any atom is -0.381 e.